The van der Waals surface area contributed by atoms with E-state index in [4.69, 9.17) is 25.1 Å². The number of nitrogens with two attached hydrogens (primary N) is 1. The zero-order valence-electron chi connectivity index (χ0n) is 22.7. The fourth-order valence-electron chi connectivity index (χ4n) is 5.64. The summed E-state index contributed by atoms with van der Waals surface area (Å²) in [4.78, 5) is 36.7. The van der Waals surface area contributed by atoms with Crippen LogP contribution < -0.4 is 16.1 Å². The van der Waals surface area contributed by atoms with Gasteiger partial charge in [0.25, 0.3) is 0 Å². The van der Waals surface area contributed by atoms with Gasteiger partial charge in [-0.15, -0.1) is 0 Å². The van der Waals surface area contributed by atoms with Gasteiger partial charge in [-0.2, -0.15) is 13.2 Å². The van der Waals surface area contributed by atoms with E-state index in [1.807, 2.05) is 18.2 Å². The van der Waals surface area contributed by atoms with Crippen molar-refractivity contribution in [3.05, 3.63) is 75.6 Å². The molecule has 14 heteroatoms. The topological polar surface area (TPSA) is 124 Å². The maximum absolute atomic E-state index is 16.1. The number of carboxylic acids is 1. The van der Waals surface area contributed by atoms with Crippen LogP contribution in [0.3, 0.4) is 0 Å². The summed E-state index contributed by atoms with van der Waals surface area (Å²) in [6.45, 7) is 1.55. The van der Waals surface area contributed by atoms with Gasteiger partial charge in [-0.1, -0.05) is 30.3 Å². The minimum Gasteiger partial charge on any atom is -0.475 e. The van der Waals surface area contributed by atoms with Gasteiger partial charge < -0.3 is 29.8 Å². The highest BCUT2D eigenvalue weighted by molar-refractivity contribution is 5.95. The van der Waals surface area contributed by atoms with Gasteiger partial charge >= 0.3 is 18.1 Å². The van der Waals surface area contributed by atoms with Crippen molar-refractivity contribution in [2.45, 2.75) is 43.7 Å². The van der Waals surface area contributed by atoms with Crippen molar-refractivity contribution in [3.8, 4) is 0 Å². The fraction of sp³-hybridized carbons (Fsp3) is 0.414. The van der Waals surface area contributed by atoms with Gasteiger partial charge in [-0.05, 0) is 30.9 Å². The van der Waals surface area contributed by atoms with E-state index in [0.717, 1.165) is 30.9 Å². The van der Waals surface area contributed by atoms with Crippen LogP contribution in [-0.2, 0) is 20.9 Å². The van der Waals surface area contributed by atoms with Crippen LogP contribution in [0, 0.1) is 17.6 Å². The Kier molecular flexibility index (Phi) is 8.18. The van der Waals surface area contributed by atoms with E-state index in [1.165, 1.54) is 6.20 Å². The molecule has 2 aromatic carbocycles. The highest BCUT2D eigenvalue weighted by atomic mass is 19.4. The lowest BCUT2D eigenvalue weighted by molar-refractivity contribution is -0.192. The van der Waals surface area contributed by atoms with Gasteiger partial charge in [0.1, 0.15) is 29.3 Å². The van der Waals surface area contributed by atoms with Crippen LogP contribution in [0.25, 0.3) is 10.9 Å². The first-order valence-electron chi connectivity index (χ1n) is 13.5. The Bertz CT molecular complexity index is 1610. The van der Waals surface area contributed by atoms with Crippen LogP contribution >= 0.6 is 0 Å². The first kappa shape index (κ1) is 30.4. The molecule has 1 aliphatic carbocycles. The van der Waals surface area contributed by atoms with Crippen LogP contribution in [0.5, 0.6) is 0 Å². The van der Waals surface area contributed by atoms with E-state index in [1.54, 1.807) is 21.6 Å². The van der Waals surface area contributed by atoms with Gasteiger partial charge in [-0.25, -0.2) is 18.4 Å². The Hall–Kier alpha value is -4.04. The highest BCUT2D eigenvalue weighted by Crippen LogP contribution is 2.44. The number of hydrogen-bond donors (Lipinski definition) is 2. The molecule has 9 nitrogen and oxygen atoms in total. The number of hydrogen-bond acceptors (Lipinski definition) is 7. The van der Waals surface area contributed by atoms with E-state index < -0.39 is 40.8 Å². The summed E-state index contributed by atoms with van der Waals surface area (Å²) >= 11 is 0. The van der Waals surface area contributed by atoms with Crippen molar-refractivity contribution in [2.75, 3.05) is 31.1 Å². The fourth-order valence-corrected chi connectivity index (χ4v) is 5.64. The number of anilines is 1. The molecule has 2 saturated heterocycles. The standard InChI is InChI=1S/C27H27F2N3O4.C2HF3O2/c28-21-10-19-23(22(29)24(21)31-11-17-8-9-36-27(17,14-30)15-31)32(18-6-7-18)12-20(25(19)33)26(34)35-13-16-4-2-1-3-5-16;3-2(4,5)1(6)7/h1-5,10,12,17-18H,6-9,11,13-15,30H2;(H,6,7). The SMILES string of the molecule is NCC12CN(c3c(F)cc4c(=O)c(C(=O)OCc5ccccc5)cn(C5CC5)c4c3F)CC1CCO2.O=C(O)C(F)(F)F. The molecule has 3 heterocycles. The lowest BCUT2D eigenvalue weighted by Gasteiger charge is -2.27. The zero-order valence-corrected chi connectivity index (χ0v) is 22.7. The number of esters is 1. The predicted molar refractivity (Wildman–Crippen MR) is 144 cm³/mol. The average Bonchev–Trinajstić information content (AvgIpc) is 3.64. The molecule has 3 fully saturated rings. The van der Waals surface area contributed by atoms with E-state index in [9.17, 15) is 22.8 Å². The van der Waals surface area contributed by atoms with E-state index in [-0.39, 0.29) is 53.8 Å². The van der Waals surface area contributed by atoms with Gasteiger partial charge in [0.2, 0.25) is 5.43 Å². The van der Waals surface area contributed by atoms with Crippen molar-refractivity contribution in [1.82, 2.24) is 4.57 Å². The first-order valence-corrected chi connectivity index (χ1v) is 13.5. The van der Waals surface area contributed by atoms with E-state index in [0.29, 0.717) is 13.2 Å². The number of halogens is 5. The number of rotatable bonds is 6. The molecule has 0 bridgehead atoms. The molecule has 3 aromatic rings. The molecular formula is C29H28F5N3O6. The molecule has 230 valence electrons. The van der Waals surface area contributed by atoms with Gasteiger partial charge in [0.05, 0.1) is 10.9 Å². The van der Waals surface area contributed by atoms with Crippen LogP contribution in [0.1, 0.15) is 41.2 Å². The molecule has 2 unspecified atom stereocenters. The third kappa shape index (κ3) is 5.93. The average molecular weight is 610 g/mol. The summed E-state index contributed by atoms with van der Waals surface area (Å²) in [5, 5.41) is 6.96. The molecule has 1 aromatic heterocycles. The monoisotopic (exact) mass is 609 g/mol. The van der Waals surface area contributed by atoms with Crippen LogP contribution in [0.15, 0.2) is 47.4 Å². The second kappa shape index (κ2) is 11.6. The number of alkyl halides is 3. The number of pyridine rings is 1. The molecular weight excluding hydrogens is 581 g/mol. The third-order valence-corrected chi connectivity index (χ3v) is 7.96. The minimum atomic E-state index is -5.08. The van der Waals surface area contributed by atoms with Crippen LogP contribution in [0.4, 0.5) is 27.6 Å². The van der Waals surface area contributed by atoms with Crippen LogP contribution in [0.2, 0.25) is 0 Å². The Balaban J connectivity index is 0.000000472. The Labute approximate surface area is 241 Å². The predicted octanol–water partition coefficient (Wildman–Crippen LogP) is 4.16. The number of fused-ring (bicyclic) bond motifs is 2. The molecule has 3 aliphatic rings. The summed E-state index contributed by atoms with van der Waals surface area (Å²) in [6.07, 6.45) is -1.38. The highest BCUT2D eigenvalue weighted by Gasteiger charge is 2.51. The van der Waals surface area contributed by atoms with Crippen molar-refractivity contribution in [1.29, 1.82) is 0 Å². The van der Waals surface area contributed by atoms with Gasteiger partial charge in [-0.3, -0.25) is 4.79 Å². The summed E-state index contributed by atoms with van der Waals surface area (Å²) in [7, 11) is 0. The van der Waals surface area contributed by atoms with Gasteiger partial charge in [0, 0.05) is 44.4 Å². The quantitative estimate of drug-likeness (QED) is 0.316. The minimum absolute atomic E-state index is 0.0106. The number of ether oxygens (including phenoxy) is 2. The lowest BCUT2D eigenvalue weighted by Crippen LogP contribution is -2.44. The summed E-state index contributed by atoms with van der Waals surface area (Å²) in [5.74, 6) is -5.14. The van der Waals surface area contributed by atoms with Crippen LogP contribution in [-0.4, -0.2) is 59.6 Å². The summed E-state index contributed by atoms with van der Waals surface area (Å²) < 4.78 is 76.1. The number of benzene rings is 2. The second-order valence-corrected chi connectivity index (χ2v) is 10.8. The molecule has 0 radical (unpaired) electrons. The molecule has 2 aliphatic heterocycles. The molecule has 0 spiro atoms. The van der Waals surface area contributed by atoms with Crippen molar-refractivity contribution in [3.63, 3.8) is 0 Å². The number of carbonyl (C=O) groups is 2. The maximum Gasteiger partial charge on any atom is 0.490 e. The smallest absolute Gasteiger partial charge is 0.475 e. The zero-order chi connectivity index (χ0) is 31.1. The van der Waals surface area contributed by atoms with Crippen molar-refractivity contribution >= 4 is 28.5 Å². The van der Waals surface area contributed by atoms with E-state index in [2.05, 4.69) is 0 Å². The molecule has 43 heavy (non-hydrogen) atoms. The third-order valence-electron chi connectivity index (χ3n) is 7.96. The molecule has 0 amide bonds. The molecule has 1 saturated carbocycles. The number of carboxylic acid groups (broad SMARTS) is 1. The summed E-state index contributed by atoms with van der Waals surface area (Å²) in [5.41, 5.74) is 5.00. The Morgan fingerprint density at radius 3 is 2.40 bits per heavy atom. The maximum atomic E-state index is 16.1. The number of aliphatic carboxylic acids is 1. The van der Waals surface area contributed by atoms with E-state index >= 15 is 8.78 Å². The Morgan fingerprint density at radius 1 is 1.14 bits per heavy atom. The number of carbonyl (C=O) groups excluding carboxylic acids is 1. The summed E-state index contributed by atoms with van der Waals surface area (Å²) in [6, 6.07) is 10.1. The number of nitrogens with zero attached hydrogens (tertiary/aromatic N) is 2. The Morgan fingerprint density at radius 2 is 1.81 bits per heavy atom. The molecule has 3 N–H and O–H groups in total. The lowest BCUT2D eigenvalue weighted by atomic mass is 9.91. The van der Waals surface area contributed by atoms with Crippen molar-refractivity contribution < 1.29 is 46.1 Å². The first-order chi connectivity index (χ1) is 20.4. The number of aromatic nitrogens is 1. The largest absolute Gasteiger partial charge is 0.490 e. The molecule has 2 atom stereocenters. The second-order valence-electron chi connectivity index (χ2n) is 10.8. The van der Waals surface area contributed by atoms with Crippen molar-refractivity contribution in [2.24, 2.45) is 11.7 Å². The molecule has 6 rings (SSSR count). The normalized spacial score (nSPS) is 21.3. The van der Waals surface area contributed by atoms with Gasteiger partial charge in [0.15, 0.2) is 5.82 Å².